The minimum absolute atomic E-state index is 0.0975. The highest BCUT2D eigenvalue weighted by Crippen LogP contribution is 2.29. The summed E-state index contributed by atoms with van der Waals surface area (Å²) in [5.74, 6) is -1.39. The van der Waals surface area contributed by atoms with Crippen LogP contribution in [0, 0.1) is 0 Å². The van der Waals surface area contributed by atoms with Crippen LogP contribution in [0.2, 0.25) is 0 Å². The highest BCUT2D eigenvalue weighted by molar-refractivity contribution is 9.09. The van der Waals surface area contributed by atoms with Crippen LogP contribution in [0.15, 0.2) is 59.5 Å². The van der Waals surface area contributed by atoms with E-state index in [1.807, 2.05) is 0 Å². The number of alkyl carbamates (subject to hydrolysis) is 1. The average Bonchev–Trinajstić information content (AvgIpc) is 2.84. The molecule has 0 aromatic heterocycles. The lowest BCUT2D eigenvalue weighted by atomic mass is 9.95. The lowest BCUT2D eigenvalue weighted by Gasteiger charge is -2.19. The molecule has 0 bridgehead atoms. The Morgan fingerprint density at radius 2 is 1.55 bits per heavy atom. The van der Waals surface area contributed by atoms with Gasteiger partial charge in [-0.3, -0.25) is 4.79 Å². The maximum atomic E-state index is 13.2. The predicted octanol–water partition coefficient (Wildman–Crippen LogP) is 4.40. The fourth-order valence-corrected chi connectivity index (χ4v) is 4.04. The molecule has 0 aliphatic carbocycles. The first-order valence-electron chi connectivity index (χ1n) is 11.8. The van der Waals surface area contributed by atoms with Crippen LogP contribution in [0.1, 0.15) is 38.3 Å². The summed E-state index contributed by atoms with van der Waals surface area (Å²) in [4.78, 5) is 37.7. The molecule has 1 N–H and O–H groups in total. The van der Waals surface area contributed by atoms with Crippen molar-refractivity contribution in [2.45, 2.75) is 37.7 Å². The van der Waals surface area contributed by atoms with E-state index in [9.17, 15) is 22.8 Å². The number of esters is 2. The first kappa shape index (κ1) is 31.0. The zero-order valence-corrected chi connectivity index (χ0v) is 24.2. The van der Waals surface area contributed by atoms with Gasteiger partial charge in [0, 0.05) is 17.2 Å². The van der Waals surface area contributed by atoms with Gasteiger partial charge in [0.1, 0.15) is 18.8 Å². The molecule has 0 fully saturated rings. The van der Waals surface area contributed by atoms with E-state index < -0.39 is 40.0 Å². The van der Waals surface area contributed by atoms with Crippen molar-refractivity contribution in [2.24, 2.45) is 0 Å². The van der Waals surface area contributed by atoms with Gasteiger partial charge < -0.3 is 19.5 Å². The lowest BCUT2D eigenvalue weighted by molar-refractivity contribution is -0.141. The summed E-state index contributed by atoms with van der Waals surface area (Å²) in [6.07, 6.45) is 0.911. The molecule has 0 aliphatic heterocycles. The molecule has 0 heterocycles. The van der Waals surface area contributed by atoms with Crippen molar-refractivity contribution in [3.05, 3.63) is 65.7 Å². The summed E-state index contributed by atoms with van der Waals surface area (Å²) < 4.78 is 39.9. The van der Waals surface area contributed by atoms with Crippen LogP contribution >= 0.6 is 15.9 Å². The van der Waals surface area contributed by atoms with E-state index in [1.165, 1.54) is 24.3 Å². The number of benzene rings is 2. The number of rotatable bonds is 11. The molecular weight excluding hydrogens is 578 g/mol. The minimum atomic E-state index is -3.45. The first-order valence-corrected chi connectivity index (χ1v) is 14.8. The Labute approximate surface area is 231 Å². The third-order valence-electron chi connectivity index (χ3n) is 4.86. The predicted molar refractivity (Wildman–Crippen MR) is 147 cm³/mol. The van der Waals surface area contributed by atoms with Crippen molar-refractivity contribution in [3.8, 4) is 0 Å². The zero-order valence-electron chi connectivity index (χ0n) is 21.8. The number of amides is 1. The van der Waals surface area contributed by atoms with E-state index in [0.29, 0.717) is 28.5 Å². The van der Waals surface area contributed by atoms with E-state index in [-0.39, 0.29) is 23.7 Å². The van der Waals surface area contributed by atoms with E-state index in [1.54, 1.807) is 51.1 Å². The average molecular weight is 611 g/mol. The molecule has 206 valence electrons. The summed E-state index contributed by atoms with van der Waals surface area (Å²) in [5, 5.41) is 2.98. The Hall–Kier alpha value is -3.18. The fourth-order valence-electron chi connectivity index (χ4n) is 3.18. The Kier molecular flexibility index (Phi) is 11.5. The van der Waals surface area contributed by atoms with Gasteiger partial charge in [-0.25, -0.2) is 18.0 Å². The maximum Gasteiger partial charge on any atom is 0.408 e. The molecule has 2 aromatic carbocycles. The first-order chi connectivity index (χ1) is 17.8. The SMILES string of the molecule is CC(C)(C)OC(=O)NCC(=O)OC/C(=C(\C(=O)OCCCBr)c1ccccc1)c1ccc(S(C)(=O)=O)cc1. The number of carbonyl (C=O) groups is 3. The molecule has 0 aliphatic rings. The van der Waals surface area contributed by atoms with Crippen LogP contribution in [0.5, 0.6) is 0 Å². The summed E-state index contributed by atoms with van der Waals surface area (Å²) in [6, 6.07) is 14.6. The molecule has 0 unspecified atom stereocenters. The van der Waals surface area contributed by atoms with Gasteiger partial charge in [0.15, 0.2) is 9.84 Å². The third kappa shape index (κ3) is 10.3. The summed E-state index contributed by atoms with van der Waals surface area (Å²) >= 11 is 3.30. The van der Waals surface area contributed by atoms with Gasteiger partial charge in [-0.2, -0.15) is 0 Å². The normalized spacial score (nSPS) is 12.2. The number of carbonyl (C=O) groups excluding carboxylic acids is 3. The van der Waals surface area contributed by atoms with Crippen LogP contribution < -0.4 is 5.32 Å². The van der Waals surface area contributed by atoms with E-state index in [4.69, 9.17) is 14.2 Å². The molecule has 0 radical (unpaired) electrons. The van der Waals surface area contributed by atoms with Crippen molar-refractivity contribution in [3.63, 3.8) is 0 Å². The number of nitrogens with one attached hydrogen (secondary N) is 1. The van der Waals surface area contributed by atoms with Crippen molar-refractivity contribution in [1.29, 1.82) is 0 Å². The van der Waals surface area contributed by atoms with Crippen molar-refractivity contribution in [1.82, 2.24) is 5.32 Å². The largest absolute Gasteiger partial charge is 0.462 e. The van der Waals surface area contributed by atoms with Gasteiger partial charge in [0.2, 0.25) is 0 Å². The smallest absolute Gasteiger partial charge is 0.408 e. The van der Waals surface area contributed by atoms with Gasteiger partial charge in [-0.15, -0.1) is 0 Å². The third-order valence-corrected chi connectivity index (χ3v) is 6.55. The maximum absolute atomic E-state index is 13.2. The summed E-state index contributed by atoms with van der Waals surface area (Å²) in [7, 11) is -3.45. The highest BCUT2D eigenvalue weighted by atomic mass is 79.9. The molecule has 38 heavy (non-hydrogen) atoms. The molecule has 2 aromatic rings. The van der Waals surface area contributed by atoms with Gasteiger partial charge in [0.25, 0.3) is 0 Å². The molecule has 0 saturated heterocycles. The van der Waals surface area contributed by atoms with E-state index in [0.717, 1.165) is 6.26 Å². The second-order valence-electron chi connectivity index (χ2n) is 9.21. The Bertz CT molecular complexity index is 1250. The number of halogens is 1. The van der Waals surface area contributed by atoms with Crippen LogP contribution in [-0.4, -0.2) is 63.4 Å². The monoisotopic (exact) mass is 609 g/mol. The highest BCUT2D eigenvalue weighted by Gasteiger charge is 2.23. The second-order valence-corrected chi connectivity index (χ2v) is 12.0. The Morgan fingerprint density at radius 3 is 2.11 bits per heavy atom. The Morgan fingerprint density at radius 1 is 0.921 bits per heavy atom. The van der Waals surface area contributed by atoms with Crippen LogP contribution in [0.25, 0.3) is 11.1 Å². The number of hydrogen-bond donors (Lipinski definition) is 1. The summed E-state index contributed by atoms with van der Waals surface area (Å²) in [6.45, 7) is 4.45. The molecule has 11 heteroatoms. The topological polar surface area (TPSA) is 125 Å². The molecule has 9 nitrogen and oxygen atoms in total. The number of ether oxygens (including phenoxy) is 3. The van der Waals surface area contributed by atoms with Crippen molar-refractivity contribution < 1.29 is 37.0 Å². The quantitative estimate of drug-likeness (QED) is 0.0992. The van der Waals surface area contributed by atoms with E-state index in [2.05, 4.69) is 21.2 Å². The number of sulfone groups is 1. The van der Waals surface area contributed by atoms with Crippen molar-refractivity contribution >= 4 is 54.9 Å². The standard InChI is InChI=1S/C27H32BrNO8S/c1-27(2,3)37-26(32)29-17-23(30)36-18-22(19-11-13-21(14-12-19)38(4,33)34)24(20-9-6-5-7-10-20)25(31)35-16-8-15-28/h5-7,9-14H,8,15-18H2,1-4H3,(H,29,32)/b24-22+. The number of alkyl halides is 1. The zero-order chi connectivity index (χ0) is 28.3. The summed E-state index contributed by atoms with van der Waals surface area (Å²) in [5.41, 5.74) is 0.732. The lowest BCUT2D eigenvalue weighted by Crippen LogP contribution is -2.36. The van der Waals surface area contributed by atoms with Crippen LogP contribution in [0.4, 0.5) is 4.79 Å². The molecular formula is C27H32BrNO8S. The minimum Gasteiger partial charge on any atom is -0.462 e. The molecule has 0 spiro atoms. The Balaban J connectivity index is 2.44. The molecule has 1 amide bonds. The second kappa shape index (κ2) is 14.1. The van der Waals surface area contributed by atoms with Crippen molar-refractivity contribution in [2.75, 3.05) is 31.3 Å². The van der Waals surface area contributed by atoms with Gasteiger partial charge in [-0.05, 0) is 50.5 Å². The van der Waals surface area contributed by atoms with Gasteiger partial charge in [-0.1, -0.05) is 58.4 Å². The molecule has 2 rings (SSSR count). The van der Waals surface area contributed by atoms with E-state index >= 15 is 0 Å². The van der Waals surface area contributed by atoms with Gasteiger partial charge >= 0.3 is 18.0 Å². The van der Waals surface area contributed by atoms with Crippen LogP contribution in [0.3, 0.4) is 0 Å². The van der Waals surface area contributed by atoms with Gasteiger partial charge in [0.05, 0.1) is 17.1 Å². The molecule has 0 saturated carbocycles. The number of hydrogen-bond acceptors (Lipinski definition) is 8. The fraction of sp³-hybridized carbons (Fsp3) is 0.370. The van der Waals surface area contributed by atoms with Crippen LogP contribution in [-0.2, 0) is 33.6 Å². The molecule has 0 atom stereocenters.